The molecule has 0 saturated heterocycles. The molecule has 4 saturated carbocycles. The van der Waals surface area contributed by atoms with Crippen molar-refractivity contribution in [2.45, 2.75) is 124 Å². The number of rotatable bonds is 10. The fourth-order valence-corrected chi connectivity index (χ4v) is 13.0. The number of unbranched alkanes of at least 4 members (excludes halogenated alkanes) is 1. The van der Waals surface area contributed by atoms with Gasteiger partial charge in [-0.05, 0) is 201 Å². The first-order valence-electron chi connectivity index (χ1n) is 21.7. The van der Waals surface area contributed by atoms with Crippen LogP contribution in [0.25, 0.3) is 0 Å². The summed E-state index contributed by atoms with van der Waals surface area (Å²) in [6.45, 7) is 14.5. The highest BCUT2D eigenvalue weighted by molar-refractivity contribution is 5.52. The van der Waals surface area contributed by atoms with Crippen molar-refractivity contribution in [3.05, 3.63) is 107 Å². The first kappa shape index (κ1) is 38.0. The molecule has 4 aromatic carbocycles. The lowest BCUT2D eigenvalue weighted by atomic mass is 9.42. The average molecular weight is 739 g/mol. The van der Waals surface area contributed by atoms with E-state index in [1.807, 2.05) is 50.2 Å². The van der Waals surface area contributed by atoms with Gasteiger partial charge in [0.05, 0.1) is 0 Å². The second-order valence-corrected chi connectivity index (χ2v) is 19.1. The van der Waals surface area contributed by atoms with Crippen molar-refractivity contribution in [3.8, 4) is 23.0 Å². The number of hydrogen-bond acceptors (Lipinski definition) is 4. The molecule has 4 heteroatoms. The third kappa shape index (κ3) is 6.84. The summed E-state index contributed by atoms with van der Waals surface area (Å²) >= 11 is 0. The molecule has 4 aliphatic carbocycles. The SMILES string of the molecule is CCCCC(C)C1CCC2C3CCC4CC(c5ccc(Oc6ccc(N)c(C)c6)cc5)(c5ccc(Oc6ccc(N)c(C)c6)cc5)CCC4(C)C3CCC12C. The van der Waals surface area contributed by atoms with Crippen LogP contribution in [-0.4, -0.2) is 0 Å². The molecule has 4 N–H and O–H groups in total. The molecule has 0 bridgehead atoms. The minimum Gasteiger partial charge on any atom is -0.457 e. The van der Waals surface area contributed by atoms with Crippen LogP contribution in [-0.2, 0) is 5.41 Å². The van der Waals surface area contributed by atoms with Crippen LogP contribution in [0.5, 0.6) is 23.0 Å². The second-order valence-electron chi connectivity index (χ2n) is 19.1. The van der Waals surface area contributed by atoms with Crippen LogP contribution < -0.4 is 20.9 Å². The summed E-state index contributed by atoms with van der Waals surface area (Å²) in [6.07, 6.45) is 16.4. The van der Waals surface area contributed by atoms with Gasteiger partial charge < -0.3 is 20.9 Å². The van der Waals surface area contributed by atoms with Crippen LogP contribution in [0.4, 0.5) is 11.4 Å². The molecule has 0 spiro atoms. The Bertz CT molecular complexity index is 1870. The normalized spacial score (nSPS) is 30.1. The van der Waals surface area contributed by atoms with Crippen molar-refractivity contribution in [3.63, 3.8) is 0 Å². The topological polar surface area (TPSA) is 70.5 Å². The highest BCUT2D eigenvalue weighted by atomic mass is 16.5. The maximum Gasteiger partial charge on any atom is 0.127 e. The van der Waals surface area contributed by atoms with E-state index in [2.05, 4.69) is 76.2 Å². The summed E-state index contributed by atoms with van der Waals surface area (Å²) in [7, 11) is 0. The van der Waals surface area contributed by atoms with E-state index in [9.17, 15) is 0 Å². The monoisotopic (exact) mass is 739 g/mol. The molecule has 8 unspecified atom stereocenters. The molecule has 0 radical (unpaired) electrons. The Labute approximate surface area is 331 Å². The predicted octanol–water partition coefficient (Wildman–Crippen LogP) is 13.8. The van der Waals surface area contributed by atoms with E-state index in [1.165, 1.54) is 81.8 Å². The quantitative estimate of drug-likeness (QED) is 0.159. The van der Waals surface area contributed by atoms with Gasteiger partial charge in [0.2, 0.25) is 0 Å². The molecule has 0 aromatic heterocycles. The molecule has 0 amide bonds. The van der Waals surface area contributed by atoms with Gasteiger partial charge in [-0.1, -0.05) is 71.2 Å². The summed E-state index contributed by atoms with van der Waals surface area (Å²) in [5.74, 6) is 8.51. The van der Waals surface area contributed by atoms with Crippen molar-refractivity contribution in [2.24, 2.45) is 46.3 Å². The number of fused-ring (bicyclic) bond motifs is 5. The van der Waals surface area contributed by atoms with E-state index < -0.39 is 0 Å². The van der Waals surface area contributed by atoms with Crippen LogP contribution in [0, 0.1) is 60.2 Å². The van der Waals surface area contributed by atoms with E-state index in [4.69, 9.17) is 20.9 Å². The third-order valence-corrected chi connectivity index (χ3v) is 16.3. The van der Waals surface area contributed by atoms with Crippen molar-refractivity contribution < 1.29 is 9.47 Å². The van der Waals surface area contributed by atoms with Gasteiger partial charge in [-0.2, -0.15) is 0 Å². The molecule has 0 aliphatic heterocycles. The molecule has 4 aromatic rings. The number of anilines is 2. The molecule has 4 nitrogen and oxygen atoms in total. The standard InChI is InChI=1S/C51H66N2O2/c1-7-8-9-33(2)44-22-23-45-43-21-14-38-32-51(29-28-49(38,5)46(43)26-27-50(44,45)6,36-10-15-39(16-11-36)54-41-19-24-47(52)34(3)30-41)37-12-17-40(18-13-37)55-42-20-25-48(53)35(4)31-42/h10-13,15-20,24-25,30-31,33,38,43-46H,7-9,14,21-23,26-29,32,52-53H2,1-6H3. The van der Waals surface area contributed by atoms with Gasteiger partial charge >= 0.3 is 0 Å². The summed E-state index contributed by atoms with van der Waals surface area (Å²) in [5, 5.41) is 0. The Morgan fingerprint density at radius 2 is 1.18 bits per heavy atom. The van der Waals surface area contributed by atoms with Gasteiger partial charge in [-0.15, -0.1) is 0 Å². The Kier molecular flexibility index (Phi) is 10.3. The highest BCUT2D eigenvalue weighted by Gasteiger charge is 2.62. The number of nitrogens with two attached hydrogens (primary N) is 2. The Morgan fingerprint density at radius 1 is 0.636 bits per heavy atom. The average Bonchev–Trinajstić information content (AvgIpc) is 3.54. The van der Waals surface area contributed by atoms with Crippen LogP contribution in [0.3, 0.4) is 0 Å². The smallest absolute Gasteiger partial charge is 0.127 e. The van der Waals surface area contributed by atoms with E-state index >= 15 is 0 Å². The summed E-state index contributed by atoms with van der Waals surface area (Å²) in [6, 6.07) is 29.9. The van der Waals surface area contributed by atoms with E-state index in [0.29, 0.717) is 16.7 Å². The van der Waals surface area contributed by atoms with Gasteiger partial charge in [-0.3, -0.25) is 0 Å². The zero-order valence-corrected chi connectivity index (χ0v) is 34.5. The lowest BCUT2D eigenvalue weighted by Crippen LogP contribution is -2.55. The number of ether oxygens (including phenoxy) is 2. The largest absolute Gasteiger partial charge is 0.457 e. The van der Waals surface area contributed by atoms with Crippen molar-refractivity contribution in [1.82, 2.24) is 0 Å². The number of benzene rings is 4. The Morgan fingerprint density at radius 3 is 1.73 bits per heavy atom. The molecular weight excluding hydrogens is 673 g/mol. The molecule has 8 atom stereocenters. The summed E-state index contributed by atoms with van der Waals surface area (Å²) < 4.78 is 12.7. The first-order chi connectivity index (χ1) is 26.4. The van der Waals surface area contributed by atoms with Crippen LogP contribution in [0.15, 0.2) is 84.9 Å². The van der Waals surface area contributed by atoms with Crippen LogP contribution in [0.1, 0.15) is 127 Å². The van der Waals surface area contributed by atoms with Gasteiger partial charge in [-0.25, -0.2) is 0 Å². The number of hydrogen-bond donors (Lipinski definition) is 2. The number of nitrogen functional groups attached to an aromatic ring is 2. The lowest BCUT2D eigenvalue weighted by molar-refractivity contribution is -0.122. The maximum atomic E-state index is 6.35. The molecule has 55 heavy (non-hydrogen) atoms. The summed E-state index contributed by atoms with van der Waals surface area (Å²) in [4.78, 5) is 0. The van der Waals surface area contributed by atoms with Gasteiger partial charge in [0.25, 0.3) is 0 Å². The van der Waals surface area contributed by atoms with E-state index in [0.717, 1.165) is 81.5 Å². The molecule has 8 rings (SSSR count). The molecule has 0 heterocycles. The predicted molar refractivity (Wildman–Crippen MR) is 229 cm³/mol. The zero-order chi connectivity index (χ0) is 38.5. The van der Waals surface area contributed by atoms with Crippen molar-refractivity contribution in [1.29, 1.82) is 0 Å². The van der Waals surface area contributed by atoms with Crippen molar-refractivity contribution >= 4 is 11.4 Å². The fourth-order valence-electron chi connectivity index (χ4n) is 13.0. The summed E-state index contributed by atoms with van der Waals surface area (Å²) in [5.41, 5.74) is 19.5. The van der Waals surface area contributed by atoms with Gasteiger partial charge in [0.15, 0.2) is 0 Å². The maximum absolute atomic E-state index is 6.35. The van der Waals surface area contributed by atoms with E-state index in [-0.39, 0.29) is 5.41 Å². The first-order valence-corrected chi connectivity index (χ1v) is 21.7. The van der Waals surface area contributed by atoms with Gasteiger partial charge in [0.1, 0.15) is 23.0 Å². The van der Waals surface area contributed by atoms with Crippen molar-refractivity contribution in [2.75, 3.05) is 11.5 Å². The minimum absolute atomic E-state index is 0.0695. The zero-order valence-electron chi connectivity index (χ0n) is 34.5. The molecule has 4 aliphatic rings. The number of aryl methyl sites for hydroxylation is 2. The second kappa shape index (κ2) is 14.9. The third-order valence-electron chi connectivity index (χ3n) is 16.3. The molecule has 292 valence electrons. The van der Waals surface area contributed by atoms with Gasteiger partial charge in [0, 0.05) is 16.8 Å². The highest BCUT2D eigenvalue weighted by Crippen LogP contribution is 2.70. The Balaban J connectivity index is 1.07. The lowest BCUT2D eigenvalue weighted by Gasteiger charge is -2.63. The molecule has 4 fully saturated rings. The van der Waals surface area contributed by atoms with E-state index in [1.54, 1.807) is 0 Å². The van der Waals surface area contributed by atoms with Crippen LogP contribution >= 0.6 is 0 Å². The fraction of sp³-hybridized carbons (Fsp3) is 0.529. The Hall–Kier alpha value is -3.92. The minimum atomic E-state index is -0.0695. The molecular formula is C51H66N2O2. The van der Waals surface area contributed by atoms with Crippen LogP contribution in [0.2, 0.25) is 0 Å².